The third-order valence-corrected chi connectivity index (χ3v) is 3.59. The lowest BCUT2D eigenvalue weighted by atomic mass is 10.0. The fourth-order valence-electron chi connectivity index (χ4n) is 1.70. The van der Waals surface area contributed by atoms with Crippen molar-refractivity contribution >= 4 is 17.2 Å². The molecule has 0 saturated heterocycles. The average molecular weight is 261 g/mol. The Bertz CT molecular complexity index is 496. The molecule has 0 spiro atoms. The summed E-state index contributed by atoms with van der Waals surface area (Å²) >= 11 is 1.39. The lowest BCUT2D eigenvalue weighted by Gasteiger charge is -2.20. The molecule has 1 aromatic carbocycles. The van der Waals surface area contributed by atoms with Crippen LogP contribution < -0.4 is 5.32 Å². The van der Waals surface area contributed by atoms with Gasteiger partial charge in [0, 0.05) is 0 Å². The molecule has 0 aliphatic heterocycles. The van der Waals surface area contributed by atoms with Crippen molar-refractivity contribution < 1.29 is 9.90 Å². The second-order valence-electron chi connectivity index (χ2n) is 4.09. The zero-order valence-electron chi connectivity index (χ0n) is 10.0. The van der Waals surface area contributed by atoms with Gasteiger partial charge in [0.05, 0.1) is 17.0 Å². The molecule has 0 unspecified atom stereocenters. The number of hydrogen-bond donors (Lipinski definition) is 2. The number of benzene rings is 1. The Morgan fingerprint density at radius 3 is 2.56 bits per heavy atom. The van der Waals surface area contributed by atoms with Crippen molar-refractivity contribution in [3.8, 4) is 0 Å². The highest BCUT2D eigenvalue weighted by molar-refractivity contribution is 7.12. The summed E-state index contributed by atoms with van der Waals surface area (Å²) in [6, 6.07) is 12.6. The van der Waals surface area contributed by atoms with Gasteiger partial charge in [0.15, 0.2) is 0 Å². The van der Waals surface area contributed by atoms with Gasteiger partial charge in [-0.05, 0) is 23.9 Å². The maximum atomic E-state index is 11.8. The standard InChI is InChI=1S/C14H15NO2S/c1-10(13(16)11-6-3-2-4-7-11)15-14(17)12-8-5-9-18-12/h2-10,13,16H,1H3,(H,15,17)/t10-,13-/m1/s1. The lowest BCUT2D eigenvalue weighted by molar-refractivity contribution is 0.0856. The third-order valence-electron chi connectivity index (χ3n) is 2.72. The van der Waals surface area contributed by atoms with Crippen molar-refractivity contribution in [1.82, 2.24) is 5.32 Å². The monoisotopic (exact) mass is 261 g/mol. The summed E-state index contributed by atoms with van der Waals surface area (Å²) in [6.45, 7) is 1.79. The van der Waals surface area contributed by atoms with Crippen LogP contribution >= 0.6 is 11.3 Å². The van der Waals surface area contributed by atoms with Gasteiger partial charge in [-0.15, -0.1) is 11.3 Å². The topological polar surface area (TPSA) is 49.3 Å². The first kappa shape index (κ1) is 12.8. The van der Waals surface area contributed by atoms with Gasteiger partial charge in [0.1, 0.15) is 0 Å². The van der Waals surface area contributed by atoms with Crippen LogP contribution in [0.15, 0.2) is 47.8 Å². The van der Waals surface area contributed by atoms with Crippen molar-refractivity contribution in [1.29, 1.82) is 0 Å². The molecule has 1 amide bonds. The van der Waals surface area contributed by atoms with Gasteiger partial charge in [0.25, 0.3) is 5.91 Å². The van der Waals surface area contributed by atoms with Crippen LogP contribution in [0.25, 0.3) is 0 Å². The molecule has 3 nitrogen and oxygen atoms in total. The number of aliphatic hydroxyl groups excluding tert-OH is 1. The SMILES string of the molecule is C[C@@H](NC(=O)c1cccs1)[C@@H](O)c1ccccc1. The smallest absolute Gasteiger partial charge is 0.261 e. The molecule has 2 atom stereocenters. The Morgan fingerprint density at radius 2 is 1.94 bits per heavy atom. The Hall–Kier alpha value is -1.65. The molecule has 18 heavy (non-hydrogen) atoms. The third kappa shape index (κ3) is 2.97. The van der Waals surface area contributed by atoms with E-state index in [-0.39, 0.29) is 11.9 Å². The highest BCUT2D eigenvalue weighted by Gasteiger charge is 2.19. The quantitative estimate of drug-likeness (QED) is 0.888. The summed E-state index contributed by atoms with van der Waals surface area (Å²) < 4.78 is 0. The second kappa shape index (κ2) is 5.80. The summed E-state index contributed by atoms with van der Waals surface area (Å²) in [4.78, 5) is 12.5. The maximum absolute atomic E-state index is 11.8. The highest BCUT2D eigenvalue weighted by Crippen LogP contribution is 2.17. The Kier molecular flexibility index (Phi) is 4.12. The van der Waals surface area contributed by atoms with E-state index in [1.807, 2.05) is 41.8 Å². The molecule has 0 aliphatic carbocycles. The minimum absolute atomic E-state index is 0.146. The molecule has 0 aliphatic rings. The molecule has 2 rings (SSSR count). The van der Waals surface area contributed by atoms with E-state index in [4.69, 9.17) is 0 Å². The number of aliphatic hydroxyl groups is 1. The Labute approximate surface area is 110 Å². The van der Waals surface area contributed by atoms with Gasteiger partial charge in [-0.25, -0.2) is 0 Å². The summed E-state index contributed by atoms with van der Waals surface area (Å²) in [5.74, 6) is -0.146. The van der Waals surface area contributed by atoms with Crippen molar-refractivity contribution in [2.75, 3.05) is 0 Å². The summed E-state index contributed by atoms with van der Waals surface area (Å²) in [5.41, 5.74) is 0.802. The van der Waals surface area contributed by atoms with Crippen LogP contribution in [0.3, 0.4) is 0 Å². The molecule has 2 N–H and O–H groups in total. The number of amides is 1. The highest BCUT2D eigenvalue weighted by atomic mass is 32.1. The van der Waals surface area contributed by atoms with Gasteiger partial charge >= 0.3 is 0 Å². The van der Waals surface area contributed by atoms with Crippen LogP contribution in [0, 0.1) is 0 Å². The Morgan fingerprint density at radius 1 is 1.22 bits per heavy atom. The van der Waals surface area contributed by atoms with Crippen molar-refractivity contribution in [3.63, 3.8) is 0 Å². The number of carbonyl (C=O) groups is 1. The molecule has 0 fully saturated rings. The fourth-order valence-corrected chi connectivity index (χ4v) is 2.33. The maximum Gasteiger partial charge on any atom is 0.261 e. The first-order chi connectivity index (χ1) is 8.68. The van der Waals surface area contributed by atoms with Crippen molar-refractivity contribution in [2.24, 2.45) is 0 Å². The number of carbonyl (C=O) groups excluding carboxylic acids is 1. The van der Waals surface area contributed by atoms with Crippen LogP contribution in [0.1, 0.15) is 28.3 Å². The number of thiophene rings is 1. The van der Waals surface area contributed by atoms with Crippen molar-refractivity contribution in [3.05, 3.63) is 58.3 Å². The summed E-state index contributed by atoms with van der Waals surface area (Å²) in [7, 11) is 0. The predicted octanol–water partition coefficient (Wildman–Crippen LogP) is 2.60. The zero-order valence-corrected chi connectivity index (χ0v) is 10.9. The van der Waals surface area contributed by atoms with Gasteiger partial charge in [-0.1, -0.05) is 36.4 Å². The largest absolute Gasteiger partial charge is 0.386 e. The van der Waals surface area contributed by atoms with Crippen LogP contribution in [0.5, 0.6) is 0 Å². The number of hydrogen-bond acceptors (Lipinski definition) is 3. The van der Waals surface area contributed by atoms with Crippen LogP contribution in [-0.2, 0) is 0 Å². The minimum Gasteiger partial charge on any atom is -0.386 e. The molecule has 1 aromatic heterocycles. The molecular weight excluding hydrogens is 246 g/mol. The fraction of sp³-hybridized carbons (Fsp3) is 0.214. The molecule has 0 radical (unpaired) electrons. The van der Waals surface area contributed by atoms with E-state index in [0.29, 0.717) is 4.88 Å². The van der Waals surface area contributed by atoms with Gasteiger partial charge in [-0.2, -0.15) is 0 Å². The molecule has 94 valence electrons. The van der Waals surface area contributed by atoms with Gasteiger partial charge in [0.2, 0.25) is 0 Å². The normalized spacial score (nSPS) is 13.9. The molecule has 2 aromatic rings. The lowest BCUT2D eigenvalue weighted by Crippen LogP contribution is -2.36. The van der Waals surface area contributed by atoms with E-state index in [1.54, 1.807) is 13.0 Å². The molecule has 1 heterocycles. The second-order valence-corrected chi connectivity index (χ2v) is 5.04. The Balaban J connectivity index is 2.00. The van der Waals surface area contributed by atoms with Gasteiger partial charge in [-0.3, -0.25) is 4.79 Å². The van der Waals surface area contributed by atoms with Crippen LogP contribution in [-0.4, -0.2) is 17.1 Å². The average Bonchev–Trinajstić information content (AvgIpc) is 2.92. The number of rotatable bonds is 4. The van der Waals surface area contributed by atoms with Crippen LogP contribution in [0.4, 0.5) is 0 Å². The first-order valence-electron chi connectivity index (χ1n) is 5.76. The van der Waals surface area contributed by atoms with Crippen LogP contribution in [0.2, 0.25) is 0 Å². The molecular formula is C14H15NO2S. The van der Waals surface area contributed by atoms with E-state index in [9.17, 15) is 9.90 Å². The van der Waals surface area contributed by atoms with E-state index in [1.165, 1.54) is 11.3 Å². The zero-order chi connectivity index (χ0) is 13.0. The van der Waals surface area contributed by atoms with E-state index in [2.05, 4.69) is 5.32 Å². The summed E-state index contributed by atoms with van der Waals surface area (Å²) in [6.07, 6.45) is -0.699. The molecule has 0 saturated carbocycles. The molecule has 0 bridgehead atoms. The minimum atomic E-state index is -0.699. The number of nitrogens with one attached hydrogen (secondary N) is 1. The van der Waals surface area contributed by atoms with E-state index >= 15 is 0 Å². The predicted molar refractivity (Wildman–Crippen MR) is 72.6 cm³/mol. The summed E-state index contributed by atoms with van der Waals surface area (Å²) in [5, 5.41) is 14.8. The molecule has 4 heteroatoms. The first-order valence-corrected chi connectivity index (χ1v) is 6.64. The van der Waals surface area contributed by atoms with Gasteiger partial charge < -0.3 is 10.4 Å². The van der Waals surface area contributed by atoms with E-state index in [0.717, 1.165) is 5.56 Å². The van der Waals surface area contributed by atoms with Crippen molar-refractivity contribution in [2.45, 2.75) is 19.1 Å². The van der Waals surface area contributed by atoms with E-state index < -0.39 is 6.10 Å².